The van der Waals surface area contributed by atoms with Crippen molar-refractivity contribution in [1.29, 1.82) is 0 Å². The van der Waals surface area contributed by atoms with E-state index in [0.717, 1.165) is 37.3 Å². The Hall–Kier alpha value is -4.63. The summed E-state index contributed by atoms with van der Waals surface area (Å²) in [5.74, 6) is -1.06. The second kappa shape index (κ2) is 11.6. The van der Waals surface area contributed by atoms with Gasteiger partial charge in [0, 0.05) is 54.1 Å². The van der Waals surface area contributed by atoms with Crippen molar-refractivity contribution in [2.24, 2.45) is 7.05 Å². The van der Waals surface area contributed by atoms with E-state index in [1.54, 1.807) is 54.6 Å². The molecule has 1 saturated heterocycles. The number of nitrogens with zero attached hydrogens (tertiary/aromatic N) is 2. The molecule has 0 spiro atoms. The average molecular weight is 542 g/mol. The highest BCUT2D eigenvalue weighted by Gasteiger charge is 2.18. The van der Waals surface area contributed by atoms with Gasteiger partial charge in [-0.25, -0.2) is 4.39 Å². The fourth-order valence-electron chi connectivity index (χ4n) is 4.67. The van der Waals surface area contributed by atoms with Crippen LogP contribution in [0.2, 0.25) is 0 Å². The summed E-state index contributed by atoms with van der Waals surface area (Å²) in [6.45, 7) is 3.49. The van der Waals surface area contributed by atoms with Gasteiger partial charge in [0.05, 0.1) is 11.8 Å². The summed E-state index contributed by atoms with van der Waals surface area (Å²) < 4.78 is 16.7. The largest absolute Gasteiger partial charge is 0.393 e. The zero-order valence-corrected chi connectivity index (χ0v) is 22.4. The first-order chi connectivity index (χ1) is 19.3. The van der Waals surface area contributed by atoms with Crippen molar-refractivity contribution in [2.75, 3.05) is 33.9 Å². The van der Waals surface area contributed by atoms with Gasteiger partial charge < -0.3 is 30.5 Å². The van der Waals surface area contributed by atoms with Crippen molar-refractivity contribution >= 4 is 40.3 Å². The van der Waals surface area contributed by atoms with Crippen LogP contribution in [0.5, 0.6) is 0 Å². The van der Waals surface area contributed by atoms with Crippen LogP contribution >= 0.6 is 0 Å². The lowest BCUT2D eigenvalue weighted by Crippen LogP contribution is -2.35. The van der Waals surface area contributed by atoms with E-state index in [2.05, 4.69) is 20.9 Å². The van der Waals surface area contributed by atoms with E-state index in [4.69, 9.17) is 0 Å². The lowest BCUT2D eigenvalue weighted by molar-refractivity contribution is 0.101. The highest BCUT2D eigenvalue weighted by molar-refractivity contribution is 6.04. The van der Waals surface area contributed by atoms with E-state index in [0.29, 0.717) is 28.3 Å². The van der Waals surface area contributed by atoms with E-state index in [1.165, 1.54) is 6.07 Å². The van der Waals surface area contributed by atoms with E-state index >= 15 is 0 Å². The maximum absolute atomic E-state index is 14.9. The number of nitrogens with one attached hydrogen (secondary N) is 3. The Morgan fingerprint density at radius 2 is 1.45 bits per heavy atom. The Morgan fingerprint density at radius 1 is 0.825 bits per heavy atom. The molecule has 1 fully saturated rings. The molecule has 4 aromatic rings. The number of carbonyl (C=O) groups is 2. The number of aryl methyl sites for hydroxylation is 1. The SMILES string of the molecule is Cc1ccc(C(=O)Nc2ccc(Nc3ccc(NC(=O)c4ccc(N5CCC(O)CC5)cc4)cc3F)cc2)n1C. The third-order valence-corrected chi connectivity index (χ3v) is 7.21. The molecule has 0 saturated carbocycles. The van der Waals surface area contributed by atoms with Crippen LogP contribution in [0.1, 0.15) is 39.4 Å². The van der Waals surface area contributed by atoms with Crippen molar-refractivity contribution in [2.45, 2.75) is 25.9 Å². The Morgan fingerprint density at radius 3 is 2.08 bits per heavy atom. The molecule has 2 heterocycles. The highest BCUT2D eigenvalue weighted by atomic mass is 19.1. The number of amides is 2. The Kier molecular flexibility index (Phi) is 7.84. The first-order valence-electron chi connectivity index (χ1n) is 13.2. The second-order valence-corrected chi connectivity index (χ2v) is 9.99. The Labute approximate surface area is 232 Å². The maximum Gasteiger partial charge on any atom is 0.272 e. The Bertz CT molecular complexity index is 1510. The summed E-state index contributed by atoms with van der Waals surface area (Å²) >= 11 is 0. The van der Waals surface area contributed by atoms with Crippen LogP contribution in [-0.2, 0) is 7.05 Å². The van der Waals surface area contributed by atoms with Crippen molar-refractivity contribution in [1.82, 2.24) is 4.57 Å². The number of halogens is 1. The molecule has 0 aliphatic carbocycles. The van der Waals surface area contributed by atoms with Gasteiger partial charge in [0.2, 0.25) is 0 Å². The summed E-state index contributed by atoms with van der Waals surface area (Å²) in [4.78, 5) is 27.4. The third kappa shape index (κ3) is 6.16. The van der Waals surface area contributed by atoms with Crippen LogP contribution in [0.15, 0.2) is 78.9 Å². The summed E-state index contributed by atoms with van der Waals surface area (Å²) in [5.41, 5.74) is 4.89. The smallest absolute Gasteiger partial charge is 0.272 e. The van der Waals surface area contributed by atoms with Gasteiger partial charge in [0.1, 0.15) is 11.5 Å². The monoisotopic (exact) mass is 541 g/mol. The van der Waals surface area contributed by atoms with Gasteiger partial charge in [-0.2, -0.15) is 0 Å². The number of carbonyl (C=O) groups excluding carboxylic acids is 2. The first kappa shape index (κ1) is 27.0. The van der Waals surface area contributed by atoms with Gasteiger partial charge >= 0.3 is 0 Å². The molecule has 0 bridgehead atoms. The molecule has 1 aliphatic rings. The maximum atomic E-state index is 14.9. The van der Waals surface area contributed by atoms with E-state index in [1.807, 2.05) is 36.7 Å². The number of hydrogen-bond acceptors (Lipinski definition) is 5. The summed E-state index contributed by atoms with van der Waals surface area (Å²) in [6.07, 6.45) is 1.22. The minimum Gasteiger partial charge on any atom is -0.393 e. The predicted molar refractivity (Wildman–Crippen MR) is 156 cm³/mol. The van der Waals surface area contributed by atoms with Crippen LogP contribution in [0.3, 0.4) is 0 Å². The summed E-state index contributed by atoms with van der Waals surface area (Å²) in [5, 5.41) is 18.3. The molecule has 40 heavy (non-hydrogen) atoms. The molecule has 4 N–H and O–H groups in total. The van der Waals surface area contributed by atoms with E-state index < -0.39 is 5.82 Å². The molecule has 206 valence electrons. The van der Waals surface area contributed by atoms with Gasteiger partial charge in [-0.05, 0) is 98.6 Å². The lowest BCUT2D eigenvalue weighted by atomic mass is 10.1. The zero-order chi connectivity index (χ0) is 28.2. The minimum atomic E-state index is -0.517. The van der Waals surface area contributed by atoms with Gasteiger partial charge in [-0.3, -0.25) is 9.59 Å². The molecule has 9 heteroatoms. The normalized spacial score (nSPS) is 13.7. The van der Waals surface area contributed by atoms with Gasteiger partial charge in [0.15, 0.2) is 0 Å². The molecule has 1 aromatic heterocycles. The summed E-state index contributed by atoms with van der Waals surface area (Å²) in [7, 11) is 1.84. The van der Waals surface area contributed by atoms with Crippen molar-refractivity contribution in [3.05, 3.63) is 102 Å². The summed E-state index contributed by atoms with van der Waals surface area (Å²) in [6, 6.07) is 22.4. The highest BCUT2D eigenvalue weighted by Crippen LogP contribution is 2.25. The van der Waals surface area contributed by atoms with Gasteiger partial charge in [-0.15, -0.1) is 0 Å². The van der Waals surface area contributed by atoms with Crippen molar-refractivity contribution in [3.63, 3.8) is 0 Å². The molecule has 5 rings (SSSR count). The van der Waals surface area contributed by atoms with Crippen LogP contribution in [0.25, 0.3) is 0 Å². The van der Waals surface area contributed by atoms with Crippen LogP contribution < -0.4 is 20.9 Å². The molecule has 2 amide bonds. The lowest BCUT2D eigenvalue weighted by Gasteiger charge is -2.31. The standard InChI is InChI=1S/C31H32FN5O3/c1-20-3-14-29(36(20)2)31(40)34-23-8-6-22(7-9-23)33-28-13-10-24(19-27(28)32)35-30(39)21-4-11-25(12-5-21)37-17-15-26(38)16-18-37/h3-14,19,26,33,38H,15-18H2,1-2H3,(H,34,40)(H,35,39). The molecule has 0 atom stereocenters. The van der Waals surface area contributed by atoms with Crippen LogP contribution in [0, 0.1) is 12.7 Å². The van der Waals surface area contributed by atoms with Crippen LogP contribution in [-0.4, -0.2) is 40.7 Å². The molecule has 1 aliphatic heterocycles. The predicted octanol–water partition coefficient (Wildman–Crippen LogP) is 5.68. The number of piperidine rings is 1. The van der Waals surface area contributed by atoms with Gasteiger partial charge in [-0.1, -0.05) is 0 Å². The number of rotatable bonds is 7. The number of aromatic nitrogens is 1. The number of benzene rings is 3. The number of aliphatic hydroxyl groups excluding tert-OH is 1. The van der Waals surface area contributed by atoms with Crippen LogP contribution in [0.4, 0.5) is 32.8 Å². The average Bonchev–Trinajstić information content (AvgIpc) is 3.29. The molecule has 0 unspecified atom stereocenters. The number of aliphatic hydroxyl groups is 1. The quantitative estimate of drug-likeness (QED) is 0.241. The minimum absolute atomic E-state index is 0.210. The Balaban J connectivity index is 1.17. The molecule has 0 radical (unpaired) electrons. The molecular weight excluding hydrogens is 509 g/mol. The number of hydrogen-bond donors (Lipinski definition) is 4. The van der Waals surface area contributed by atoms with Crippen molar-refractivity contribution < 1.29 is 19.1 Å². The third-order valence-electron chi connectivity index (χ3n) is 7.21. The van der Waals surface area contributed by atoms with Crippen molar-refractivity contribution in [3.8, 4) is 0 Å². The fraction of sp³-hybridized carbons (Fsp3) is 0.226. The van der Waals surface area contributed by atoms with E-state index in [9.17, 15) is 19.1 Å². The van der Waals surface area contributed by atoms with E-state index in [-0.39, 0.29) is 23.6 Å². The zero-order valence-electron chi connectivity index (χ0n) is 22.4. The fourth-order valence-corrected chi connectivity index (χ4v) is 4.67. The first-order valence-corrected chi connectivity index (χ1v) is 13.2. The number of anilines is 5. The van der Waals surface area contributed by atoms with Gasteiger partial charge in [0.25, 0.3) is 11.8 Å². The second-order valence-electron chi connectivity index (χ2n) is 9.99. The molecular formula is C31H32FN5O3. The topological polar surface area (TPSA) is 98.6 Å². The molecule has 3 aromatic carbocycles. The molecule has 8 nitrogen and oxygen atoms in total.